The maximum atomic E-state index is 12.4. The number of benzene rings is 1. The molecule has 0 saturated heterocycles. The third kappa shape index (κ3) is 2.77. The summed E-state index contributed by atoms with van der Waals surface area (Å²) in [6.45, 7) is 0. The van der Waals surface area contributed by atoms with E-state index in [0.29, 0.717) is 17.5 Å². The Balaban J connectivity index is 1.56. The molecule has 0 aliphatic heterocycles. The molecule has 0 radical (unpaired) electrons. The SMILES string of the molecule is O=C(C=C(C1CC1)C1CC1)Nc1ccccc1-n1cnnn1. The number of carbonyl (C=O) groups is 1. The number of para-hydroxylation sites is 2. The Kier molecular flexibility index (Phi) is 3.21. The Labute approximate surface area is 128 Å². The number of aromatic nitrogens is 4. The highest BCUT2D eigenvalue weighted by Crippen LogP contribution is 2.48. The number of nitrogens with zero attached hydrogens (tertiary/aromatic N) is 4. The van der Waals surface area contributed by atoms with E-state index >= 15 is 0 Å². The zero-order valence-corrected chi connectivity index (χ0v) is 12.1. The molecule has 112 valence electrons. The van der Waals surface area contributed by atoms with Crippen LogP contribution >= 0.6 is 0 Å². The number of hydrogen-bond acceptors (Lipinski definition) is 4. The van der Waals surface area contributed by atoms with E-state index < -0.39 is 0 Å². The third-order valence-electron chi connectivity index (χ3n) is 4.15. The molecule has 1 N–H and O–H groups in total. The predicted molar refractivity (Wildman–Crippen MR) is 81.3 cm³/mol. The van der Waals surface area contributed by atoms with Crippen LogP contribution in [0.1, 0.15) is 25.7 Å². The Morgan fingerprint density at radius 1 is 1.18 bits per heavy atom. The van der Waals surface area contributed by atoms with Crippen LogP contribution in [0.5, 0.6) is 0 Å². The van der Waals surface area contributed by atoms with Crippen LogP contribution in [-0.2, 0) is 4.79 Å². The maximum absolute atomic E-state index is 12.4. The van der Waals surface area contributed by atoms with E-state index in [1.54, 1.807) is 4.68 Å². The van der Waals surface area contributed by atoms with Gasteiger partial charge in [-0.15, -0.1) is 5.10 Å². The number of anilines is 1. The van der Waals surface area contributed by atoms with Gasteiger partial charge in [0.2, 0.25) is 5.91 Å². The van der Waals surface area contributed by atoms with Crippen molar-refractivity contribution >= 4 is 11.6 Å². The lowest BCUT2D eigenvalue weighted by Crippen LogP contribution is -2.12. The molecule has 0 spiro atoms. The summed E-state index contributed by atoms with van der Waals surface area (Å²) in [5.41, 5.74) is 2.81. The summed E-state index contributed by atoms with van der Waals surface area (Å²) in [6, 6.07) is 7.51. The molecular formula is C16H17N5O. The molecule has 0 atom stereocenters. The lowest BCUT2D eigenvalue weighted by Gasteiger charge is -2.09. The smallest absolute Gasteiger partial charge is 0.248 e. The average molecular weight is 295 g/mol. The number of hydrogen-bond donors (Lipinski definition) is 1. The van der Waals surface area contributed by atoms with Crippen LogP contribution in [0.15, 0.2) is 42.2 Å². The van der Waals surface area contributed by atoms with Gasteiger partial charge in [-0.3, -0.25) is 4.79 Å². The van der Waals surface area contributed by atoms with E-state index in [4.69, 9.17) is 0 Å². The highest BCUT2D eigenvalue weighted by Gasteiger charge is 2.36. The molecule has 2 aromatic rings. The summed E-state index contributed by atoms with van der Waals surface area (Å²) in [6.07, 6.45) is 8.26. The molecule has 2 aliphatic carbocycles. The van der Waals surface area contributed by atoms with Crippen LogP contribution in [0.3, 0.4) is 0 Å². The minimum absolute atomic E-state index is 0.0608. The second-order valence-electron chi connectivity index (χ2n) is 5.95. The van der Waals surface area contributed by atoms with Crippen LogP contribution < -0.4 is 5.32 Å². The van der Waals surface area contributed by atoms with Crippen LogP contribution in [0.2, 0.25) is 0 Å². The molecule has 4 rings (SSSR count). The van der Waals surface area contributed by atoms with Gasteiger partial charge in [0.05, 0.1) is 11.4 Å². The Hall–Kier alpha value is -2.50. The molecule has 1 heterocycles. The minimum atomic E-state index is -0.0608. The molecule has 22 heavy (non-hydrogen) atoms. The van der Waals surface area contributed by atoms with Crippen LogP contribution in [0.4, 0.5) is 5.69 Å². The fraction of sp³-hybridized carbons (Fsp3) is 0.375. The molecule has 0 bridgehead atoms. The van der Waals surface area contributed by atoms with Gasteiger partial charge in [0, 0.05) is 6.08 Å². The summed E-state index contributed by atoms with van der Waals surface area (Å²) in [5, 5.41) is 14.1. The Morgan fingerprint density at radius 3 is 2.55 bits per heavy atom. The monoisotopic (exact) mass is 295 g/mol. The van der Waals surface area contributed by atoms with E-state index in [0.717, 1.165) is 5.69 Å². The third-order valence-corrected chi connectivity index (χ3v) is 4.15. The Bertz CT molecular complexity index is 700. The van der Waals surface area contributed by atoms with E-state index in [9.17, 15) is 4.79 Å². The fourth-order valence-corrected chi connectivity index (χ4v) is 2.77. The molecule has 2 saturated carbocycles. The van der Waals surface area contributed by atoms with E-state index in [-0.39, 0.29) is 5.91 Å². The van der Waals surface area contributed by atoms with Crippen molar-refractivity contribution in [3.8, 4) is 5.69 Å². The van der Waals surface area contributed by atoms with Crippen molar-refractivity contribution in [1.82, 2.24) is 20.2 Å². The van der Waals surface area contributed by atoms with Gasteiger partial charge >= 0.3 is 0 Å². The zero-order valence-electron chi connectivity index (χ0n) is 12.1. The van der Waals surface area contributed by atoms with Gasteiger partial charge in [-0.1, -0.05) is 17.7 Å². The van der Waals surface area contributed by atoms with E-state index in [1.807, 2.05) is 30.3 Å². The van der Waals surface area contributed by atoms with Crippen LogP contribution in [-0.4, -0.2) is 26.1 Å². The van der Waals surface area contributed by atoms with Crippen molar-refractivity contribution in [1.29, 1.82) is 0 Å². The van der Waals surface area contributed by atoms with Crippen molar-refractivity contribution in [3.63, 3.8) is 0 Å². The molecule has 1 aromatic heterocycles. The molecule has 6 nitrogen and oxygen atoms in total. The first kappa shape index (κ1) is 13.2. The van der Waals surface area contributed by atoms with Gasteiger partial charge in [0.1, 0.15) is 6.33 Å². The molecule has 1 aromatic carbocycles. The van der Waals surface area contributed by atoms with E-state index in [2.05, 4.69) is 20.8 Å². The second-order valence-corrected chi connectivity index (χ2v) is 5.95. The molecule has 2 fully saturated rings. The largest absolute Gasteiger partial charge is 0.321 e. The predicted octanol–water partition coefficient (Wildman–Crippen LogP) is 2.35. The second kappa shape index (κ2) is 5.36. The average Bonchev–Trinajstić information content (AvgIpc) is 3.45. The number of nitrogens with one attached hydrogen (secondary N) is 1. The number of allylic oxidation sites excluding steroid dienone is 1. The lowest BCUT2D eigenvalue weighted by atomic mass is 10.1. The quantitative estimate of drug-likeness (QED) is 0.859. The van der Waals surface area contributed by atoms with Crippen molar-refractivity contribution in [3.05, 3.63) is 42.2 Å². The van der Waals surface area contributed by atoms with Gasteiger partial charge in [0.15, 0.2) is 0 Å². The van der Waals surface area contributed by atoms with Crippen LogP contribution in [0, 0.1) is 11.8 Å². The van der Waals surface area contributed by atoms with Crippen LogP contribution in [0.25, 0.3) is 5.69 Å². The van der Waals surface area contributed by atoms with Crippen molar-refractivity contribution in [2.45, 2.75) is 25.7 Å². The number of tetrazole rings is 1. The van der Waals surface area contributed by atoms with Gasteiger partial charge in [-0.05, 0) is 60.1 Å². The molecular weight excluding hydrogens is 278 g/mol. The summed E-state index contributed by atoms with van der Waals surface area (Å²) in [4.78, 5) is 12.4. The Morgan fingerprint density at radius 2 is 1.91 bits per heavy atom. The van der Waals surface area contributed by atoms with Crippen molar-refractivity contribution < 1.29 is 4.79 Å². The molecule has 2 aliphatic rings. The fourth-order valence-electron chi connectivity index (χ4n) is 2.77. The zero-order chi connectivity index (χ0) is 14.9. The standard InChI is InChI=1S/C16H17N5O/c22-16(9-13(11-5-6-11)12-7-8-12)18-14-3-1-2-4-15(14)21-10-17-19-20-21/h1-4,9-12H,5-8H2,(H,18,22). The number of rotatable bonds is 5. The van der Waals surface area contributed by atoms with Gasteiger partial charge < -0.3 is 5.32 Å². The molecule has 0 unspecified atom stereocenters. The topological polar surface area (TPSA) is 72.7 Å². The molecule has 6 heteroatoms. The van der Waals surface area contributed by atoms with E-state index in [1.165, 1.54) is 37.6 Å². The maximum Gasteiger partial charge on any atom is 0.248 e. The number of carbonyl (C=O) groups excluding carboxylic acids is 1. The van der Waals surface area contributed by atoms with Gasteiger partial charge in [0.25, 0.3) is 0 Å². The van der Waals surface area contributed by atoms with Crippen molar-refractivity contribution in [2.24, 2.45) is 11.8 Å². The minimum Gasteiger partial charge on any atom is -0.321 e. The van der Waals surface area contributed by atoms with Gasteiger partial charge in [-0.2, -0.15) is 4.68 Å². The lowest BCUT2D eigenvalue weighted by molar-refractivity contribution is -0.112. The summed E-state index contributed by atoms with van der Waals surface area (Å²) < 4.78 is 1.54. The van der Waals surface area contributed by atoms with Gasteiger partial charge in [-0.25, -0.2) is 0 Å². The van der Waals surface area contributed by atoms with Crippen molar-refractivity contribution in [2.75, 3.05) is 5.32 Å². The first-order chi connectivity index (χ1) is 10.8. The summed E-state index contributed by atoms with van der Waals surface area (Å²) >= 11 is 0. The highest BCUT2D eigenvalue weighted by atomic mass is 16.1. The first-order valence-electron chi connectivity index (χ1n) is 7.66. The molecule has 1 amide bonds. The number of amides is 1. The summed E-state index contributed by atoms with van der Waals surface area (Å²) in [5.74, 6) is 1.23. The summed E-state index contributed by atoms with van der Waals surface area (Å²) in [7, 11) is 0. The normalized spacial score (nSPS) is 17.1. The first-order valence-corrected chi connectivity index (χ1v) is 7.66. The highest BCUT2D eigenvalue weighted by molar-refractivity contribution is 6.01.